The fourth-order valence-electron chi connectivity index (χ4n) is 2.22. The van der Waals surface area contributed by atoms with Crippen molar-refractivity contribution in [3.05, 3.63) is 58.8 Å². The molecule has 1 aromatic heterocycles. The van der Waals surface area contributed by atoms with Crippen LogP contribution >= 0.6 is 0 Å². The number of hydrogen-bond donors (Lipinski definition) is 3. The van der Waals surface area contributed by atoms with Crippen LogP contribution in [0.3, 0.4) is 0 Å². The van der Waals surface area contributed by atoms with Crippen molar-refractivity contribution in [1.82, 2.24) is 4.98 Å². The molecule has 0 bridgehead atoms. The first-order chi connectivity index (χ1) is 10.5. The van der Waals surface area contributed by atoms with Crippen molar-refractivity contribution in [1.29, 1.82) is 0 Å². The molecule has 2 rings (SSSR count). The van der Waals surface area contributed by atoms with Crippen LogP contribution < -0.4 is 5.32 Å². The van der Waals surface area contributed by atoms with Gasteiger partial charge in [-0.1, -0.05) is 24.3 Å². The summed E-state index contributed by atoms with van der Waals surface area (Å²) >= 11 is 0. The third kappa shape index (κ3) is 4.05. The maximum atomic E-state index is 10.9. The van der Waals surface area contributed by atoms with Crippen LogP contribution in [0.4, 0.5) is 5.82 Å². The predicted molar refractivity (Wildman–Crippen MR) is 85.3 cm³/mol. The highest BCUT2D eigenvalue weighted by atomic mass is 16.4. The quantitative estimate of drug-likeness (QED) is 0.763. The number of aliphatic hydroxyl groups is 1. The van der Waals surface area contributed by atoms with Crippen LogP contribution in [0.15, 0.2) is 36.4 Å². The number of benzene rings is 1. The average molecular weight is 300 g/mol. The maximum Gasteiger partial charge on any atom is 0.354 e. The number of aromatic carboxylic acids is 1. The Morgan fingerprint density at radius 2 is 2.00 bits per heavy atom. The highest BCUT2D eigenvalue weighted by Crippen LogP contribution is 2.14. The van der Waals surface area contributed by atoms with Gasteiger partial charge in [-0.15, -0.1) is 0 Å². The summed E-state index contributed by atoms with van der Waals surface area (Å²) in [5.74, 6) is -0.624. The fourth-order valence-corrected chi connectivity index (χ4v) is 2.22. The van der Waals surface area contributed by atoms with E-state index in [2.05, 4.69) is 36.3 Å². The van der Waals surface area contributed by atoms with Crippen LogP contribution in [0.1, 0.15) is 27.2 Å². The molecule has 2 aromatic rings. The van der Waals surface area contributed by atoms with Crippen LogP contribution in [-0.4, -0.2) is 33.8 Å². The molecular weight excluding hydrogens is 280 g/mol. The van der Waals surface area contributed by atoms with Crippen molar-refractivity contribution >= 4 is 11.8 Å². The summed E-state index contributed by atoms with van der Waals surface area (Å²) in [5.41, 5.74) is 3.53. The molecule has 5 nitrogen and oxygen atoms in total. The average Bonchev–Trinajstić information content (AvgIpc) is 2.50. The van der Waals surface area contributed by atoms with E-state index in [1.165, 1.54) is 17.2 Å². The Balaban J connectivity index is 2.10. The molecule has 0 radical (unpaired) electrons. The van der Waals surface area contributed by atoms with Gasteiger partial charge in [0, 0.05) is 0 Å². The molecular formula is C17H20N2O3. The third-order valence-corrected chi connectivity index (χ3v) is 3.59. The van der Waals surface area contributed by atoms with Crippen molar-refractivity contribution in [2.75, 3.05) is 11.9 Å². The van der Waals surface area contributed by atoms with Gasteiger partial charge >= 0.3 is 5.97 Å². The number of aromatic nitrogens is 1. The molecule has 3 N–H and O–H groups in total. The standard InChI is InChI=1S/C17H20N2O3/c1-11-6-7-13(8-12(11)2)9-14(10-20)18-16-5-3-4-15(19-16)17(21)22/h3-8,14,20H,9-10H2,1-2H3,(H,18,19)(H,21,22). The summed E-state index contributed by atoms with van der Waals surface area (Å²) in [6.07, 6.45) is 0.636. The lowest BCUT2D eigenvalue weighted by Gasteiger charge is -2.18. The Hall–Kier alpha value is -2.40. The van der Waals surface area contributed by atoms with Crippen molar-refractivity contribution in [2.24, 2.45) is 0 Å². The second kappa shape index (κ2) is 7.04. The fraction of sp³-hybridized carbons (Fsp3) is 0.294. The molecule has 0 aliphatic heterocycles. The number of aryl methyl sites for hydroxylation is 2. The molecule has 116 valence electrons. The topological polar surface area (TPSA) is 82.5 Å². The summed E-state index contributed by atoms with van der Waals surface area (Å²) in [5, 5.41) is 21.6. The minimum absolute atomic E-state index is 0.0205. The monoisotopic (exact) mass is 300 g/mol. The van der Waals surface area contributed by atoms with E-state index in [0.717, 1.165) is 5.56 Å². The van der Waals surface area contributed by atoms with Crippen molar-refractivity contribution in [3.63, 3.8) is 0 Å². The van der Waals surface area contributed by atoms with E-state index in [4.69, 9.17) is 5.11 Å². The number of carboxylic acids is 1. The molecule has 0 aliphatic rings. The minimum Gasteiger partial charge on any atom is -0.477 e. The zero-order chi connectivity index (χ0) is 16.1. The minimum atomic E-state index is -1.07. The smallest absolute Gasteiger partial charge is 0.354 e. The van der Waals surface area contributed by atoms with E-state index in [1.807, 2.05) is 6.07 Å². The molecule has 0 aliphatic carbocycles. The van der Waals surface area contributed by atoms with Gasteiger partial charge in [-0.2, -0.15) is 0 Å². The molecule has 1 atom stereocenters. The number of nitrogens with zero attached hydrogens (tertiary/aromatic N) is 1. The molecule has 0 spiro atoms. The SMILES string of the molecule is Cc1ccc(CC(CO)Nc2cccc(C(=O)O)n2)cc1C. The summed E-state index contributed by atoms with van der Waals surface area (Å²) in [4.78, 5) is 14.9. The first kappa shape index (κ1) is 16.0. The van der Waals surface area contributed by atoms with E-state index in [1.54, 1.807) is 12.1 Å². The molecule has 0 saturated carbocycles. The largest absolute Gasteiger partial charge is 0.477 e. The summed E-state index contributed by atoms with van der Waals surface area (Å²) in [6.45, 7) is 4.05. The van der Waals surface area contributed by atoms with Gasteiger partial charge in [-0.3, -0.25) is 0 Å². The zero-order valence-corrected chi connectivity index (χ0v) is 12.7. The van der Waals surface area contributed by atoms with Gasteiger partial charge in [0.05, 0.1) is 12.6 Å². The summed E-state index contributed by atoms with van der Waals surface area (Å²) in [6, 6.07) is 10.7. The van der Waals surface area contributed by atoms with Gasteiger partial charge in [0.25, 0.3) is 0 Å². The molecule has 1 heterocycles. The predicted octanol–water partition coefficient (Wildman–Crippen LogP) is 2.41. The number of nitrogens with one attached hydrogen (secondary N) is 1. The van der Waals surface area contributed by atoms with Crippen LogP contribution in [0.2, 0.25) is 0 Å². The Morgan fingerprint density at radius 1 is 1.23 bits per heavy atom. The first-order valence-electron chi connectivity index (χ1n) is 7.13. The molecule has 0 fully saturated rings. The van der Waals surface area contributed by atoms with E-state index < -0.39 is 5.97 Å². The number of anilines is 1. The zero-order valence-electron chi connectivity index (χ0n) is 12.7. The molecule has 0 saturated heterocycles. The number of aliphatic hydroxyl groups excluding tert-OH is 1. The number of hydrogen-bond acceptors (Lipinski definition) is 4. The highest BCUT2D eigenvalue weighted by Gasteiger charge is 2.11. The van der Waals surface area contributed by atoms with Crippen molar-refractivity contribution in [3.8, 4) is 0 Å². The summed E-state index contributed by atoms with van der Waals surface area (Å²) < 4.78 is 0. The second-order valence-electron chi connectivity index (χ2n) is 5.36. The van der Waals surface area contributed by atoms with Gasteiger partial charge < -0.3 is 15.5 Å². The lowest BCUT2D eigenvalue weighted by Crippen LogP contribution is -2.27. The molecule has 0 amide bonds. The van der Waals surface area contributed by atoms with Crippen molar-refractivity contribution in [2.45, 2.75) is 26.3 Å². The third-order valence-electron chi connectivity index (χ3n) is 3.59. The molecule has 22 heavy (non-hydrogen) atoms. The van der Waals surface area contributed by atoms with Crippen LogP contribution in [0.5, 0.6) is 0 Å². The van der Waals surface area contributed by atoms with Crippen molar-refractivity contribution < 1.29 is 15.0 Å². The lowest BCUT2D eigenvalue weighted by molar-refractivity contribution is 0.0690. The molecule has 1 aromatic carbocycles. The van der Waals surface area contributed by atoms with Crippen LogP contribution in [0.25, 0.3) is 0 Å². The normalized spacial score (nSPS) is 12.0. The lowest BCUT2D eigenvalue weighted by atomic mass is 10.0. The Kier molecular flexibility index (Phi) is 5.12. The van der Waals surface area contributed by atoms with Gasteiger partial charge in [0.15, 0.2) is 5.69 Å². The van der Waals surface area contributed by atoms with E-state index in [-0.39, 0.29) is 18.3 Å². The van der Waals surface area contributed by atoms with Gasteiger partial charge in [0.2, 0.25) is 0 Å². The Morgan fingerprint density at radius 3 is 2.64 bits per heavy atom. The maximum absolute atomic E-state index is 10.9. The first-order valence-corrected chi connectivity index (χ1v) is 7.13. The Labute approximate surface area is 129 Å². The molecule has 1 unspecified atom stereocenters. The van der Waals surface area contributed by atoms with Crippen LogP contribution in [0, 0.1) is 13.8 Å². The van der Waals surface area contributed by atoms with Gasteiger partial charge in [-0.25, -0.2) is 9.78 Å². The molecule has 5 heteroatoms. The number of carboxylic acid groups (broad SMARTS) is 1. The second-order valence-corrected chi connectivity index (χ2v) is 5.36. The number of carbonyl (C=O) groups is 1. The number of rotatable bonds is 6. The van der Waals surface area contributed by atoms with E-state index >= 15 is 0 Å². The van der Waals surface area contributed by atoms with E-state index in [9.17, 15) is 9.90 Å². The number of pyridine rings is 1. The van der Waals surface area contributed by atoms with E-state index in [0.29, 0.717) is 12.2 Å². The summed E-state index contributed by atoms with van der Waals surface area (Å²) in [7, 11) is 0. The van der Waals surface area contributed by atoms with Gasteiger partial charge in [0.1, 0.15) is 5.82 Å². The van der Waals surface area contributed by atoms with Crippen LogP contribution in [-0.2, 0) is 6.42 Å². The highest BCUT2D eigenvalue weighted by molar-refractivity contribution is 5.85. The Bertz CT molecular complexity index is 671. The van der Waals surface area contributed by atoms with Gasteiger partial charge in [-0.05, 0) is 49.1 Å².